The van der Waals surface area contributed by atoms with E-state index < -0.39 is 10.2 Å². The first-order valence-corrected chi connectivity index (χ1v) is 6.08. The van der Waals surface area contributed by atoms with Crippen LogP contribution in [0.3, 0.4) is 0 Å². The summed E-state index contributed by atoms with van der Waals surface area (Å²) < 4.78 is 3.55. The van der Waals surface area contributed by atoms with E-state index in [2.05, 4.69) is 38.0 Å². The average Bonchev–Trinajstić information content (AvgIpc) is 1.63. The molecular weight excluding hydrogens is 130 g/mol. The number of nitrogens with one attached hydrogen (secondary N) is 1. The van der Waals surface area contributed by atoms with E-state index in [0.29, 0.717) is 6.04 Å². The van der Waals surface area contributed by atoms with E-state index in [-0.39, 0.29) is 0 Å². The molecule has 0 rings (SSSR count). The Bertz CT molecular complexity index is 79.0. The SMILES string of the molecule is CCS(C)(C)NC(C)C. The zero-order chi connectivity index (χ0) is 7.49. The van der Waals surface area contributed by atoms with Gasteiger partial charge < -0.3 is 0 Å². The van der Waals surface area contributed by atoms with E-state index >= 15 is 0 Å². The van der Waals surface area contributed by atoms with Gasteiger partial charge in [0.15, 0.2) is 0 Å². The molecule has 9 heavy (non-hydrogen) atoms. The van der Waals surface area contributed by atoms with Crippen LogP contribution in [-0.4, -0.2) is 24.3 Å². The summed E-state index contributed by atoms with van der Waals surface area (Å²) in [6, 6.07) is 0.634. The fraction of sp³-hybridized carbons (Fsp3) is 1.00. The van der Waals surface area contributed by atoms with Gasteiger partial charge in [0.1, 0.15) is 0 Å². The lowest BCUT2D eigenvalue weighted by Gasteiger charge is -2.33. The zero-order valence-electron chi connectivity index (χ0n) is 7.19. The molecule has 0 radical (unpaired) electrons. The summed E-state index contributed by atoms with van der Waals surface area (Å²) in [5.74, 6) is 1.27. The smallest absolute Gasteiger partial charge is 0.00998 e. The van der Waals surface area contributed by atoms with Crippen LogP contribution in [0, 0.1) is 0 Å². The van der Waals surface area contributed by atoms with Gasteiger partial charge in [-0.3, -0.25) is 4.72 Å². The molecule has 0 spiro atoms. The van der Waals surface area contributed by atoms with Gasteiger partial charge >= 0.3 is 0 Å². The second kappa shape index (κ2) is 3.47. The molecule has 0 saturated carbocycles. The van der Waals surface area contributed by atoms with Gasteiger partial charge in [-0.2, -0.15) is 10.2 Å². The van der Waals surface area contributed by atoms with Crippen LogP contribution in [-0.2, 0) is 0 Å². The van der Waals surface area contributed by atoms with Crippen LogP contribution < -0.4 is 4.72 Å². The first kappa shape index (κ1) is 9.31. The van der Waals surface area contributed by atoms with Gasteiger partial charge in [0.05, 0.1) is 0 Å². The molecule has 0 aliphatic rings. The van der Waals surface area contributed by atoms with Crippen LogP contribution in [0.25, 0.3) is 0 Å². The molecule has 2 heteroatoms. The standard InChI is InChI=1S/C7H19NS/c1-6-9(4,5)8-7(2)3/h7-8H,6H2,1-5H3. The van der Waals surface area contributed by atoms with E-state index in [1.165, 1.54) is 5.75 Å². The first-order valence-electron chi connectivity index (χ1n) is 3.46. The maximum atomic E-state index is 3.55. The molecule has 0 aromatic rings. The minimum absolute atomic E-state index is 0.469. The van der Waals surface area contributed by atoms with Crippen molar-refractivity contribution in [2.45, 2.75) is 26.8 Å². The van der Waals surface area contributed by atoms with Crippen LogP contribution in [0.5, 0.6) is 0 Å². The van der Waals surface area contributed by atoms with Crippen molar-refractivity contribution in [1.82, 2.24) is 4.72 Å². The Morgan fingerprint density at radius 3 is 1.89 bits per heavy atom. The molecule has 0 saturated heterocycles. The van der Waals surface area contributed by atoms with E-state index in [9.17, 15) is 0 Å². The third-order valence-electron chi connectivity index (χ3n) is 1.28. The van der Waals surface area contributed by atoms with Crippen molar-refractivity contribution in [3.05, 3.63) is 0 Å². The first-order chi connectivity index (χ1) is 3.98. The summed E-state index contributed by atoms with van der Waals surface area (Å²) in [6.45, 7) is 6.64. The van der Waals surface area contributed by atoms with Crippen LogP contribution in [0.2, 0.25) is 0 Å². The maximum Gasteiger partial charge on any atom is 0.00998 e. The Kier molecular flexibility index (Phi) is 3.59. The lowest BCUT2D eigenvalue weighted by molar-refractivity contribution is 0.762. The second-order valence-electron chi connectivity index (χ2n) is 3.10. The lowest BCUT2D eigenvalue weighted by atomic mass is 10.4. The maximum absolute atomic E-state index is 3.55. The minimum Gasteiger partial charge on any atom is -0.279 e. The van der Waals surface area contributed by atoms with E-state index in [4.69, 9.17) is 0 Å². The van der Waals surface area contributed by atoms with Gasteiger partial charge in [-0.25, -0.2) is 0 Å². The van der Waals surface area contributed by atoms with Gasteiger partial charge in [0.2, 0.25) is 0 Å². The molecule has 0 atom stereocenters. The molecule has 0 aliphatic heterocycles. The van der Waals surface area contributed by atoms with Crippen LogP contribution in [0.15, 0.2) is 0 Å². The molecule has 0 aromatic heterocycles. The monoisotopic (exact) mass is 149 g/mol. The zero-order valence-corrected chi connectivity index (χ0v) is 8.01. The number of hydrogen-bond acceptors (Lipinski definition) is 1. The highest BCUT2D eigenvalue weighted by molar-refractivity contribution is 8.31. The largest absolute Gasteiger partial charge is 0.279 e. The Labute approximate surface area is 60.7 Å². The third-order valence-corrected chi connectivity index (χ3v) is 3.83. The molecule has 1 nitrogen and oxygen atoms in total. The van der Waals surface area contributed by atoms with Crippen molar-refractivity contribution in [2.75, 3.05) is 18.3 Å². The molecule has 58 valence electrons. The van der Waals surface area contributed by atoms with Crippen molar-refractivity contribution >= 4 is 10.2 Å². The van der Waals surface area contributed by atoms with Gasteiger partial charge in [0, 0.05) is 6.04 Å². The fourth-order valence-electron chi connectivity index (χ4n) is 0.721. The molecule has 0 amide bonds. The van der Waals surface area contributed by atoms with Gasteiger partial charge in [-0.15, -0.1) is 0 Å². The van der Waals surface area contributed by atoms with Gasteiger partial charge in [-0.05, 0) is 32.1 Å². The second-order valence-corrected chi connectivity index (χ2v) is 6.99. The average molecular weight is 149 g/mol. The van der Waals surface area contributed by atoms with Gasteiger partial charge in [-0.1, -0.05) is 6.92 Å². The summed E-state index contributed by atoms with van der Waals surface area (Å²) >= 11 is 0. The van der Waals surface area contributed by atoms with Crippen LogP contribution in [0.1, 0.15) is 20.8 Å². The highest BCUT2D eigenvalue weighted by Crippen LogP contribution is 2.33. The molecule has 0 aliphatic carbocycles. The van der Waals surface area contributed by atoms with E-state index in [1.54, 1.807) is 0 Å². The lowest BCUT2D eigenvalue weighted by Crippen LogP contribution is -2.27. The Morgan fingerprint density at radius 2 is 1.78 bits per heavy atom. The predicted molar refractivity (Wildman–Crippen MR) is 48.3 cm³/mol. The summed E-state index contributed by atoms with van der Waals surface area (Å²) in [5.41, 5.74) is 0. The van der Waals surface area contributed by atoms with Crippen LogP contribution >= 0.6 is 10.2 Å². The van der Waals surface area contributed by atoms with Crippen molar-refractivity contribution < 1.29 is 0 Å². The van der Waals surface area contributed by atoms with Crippen molar-refractivity contribution in [2.24, 2.45) is 0 Å². The molecule has 0 unspecified atom stereocenters. The summed E-state index contributed by atoms with van der Waals surface area (Å²) in [4.78, 5) is 0. The topological polar surface area (TPSA) is 12.0 Å². The Morgan fingerprint density at radius 1 is 1.33 bits per heavy atom. The van der Waals surface area contributed by atoms with Gasteiger partial charge in [0.25, 0.3) is 0 Å². The van der Waals surface area contributed by atoms with Crippen molar-refractivity contribution in [1.29, 1.82) is 0 Å². The quantitative estimate of drug-likeness (QED) is 0.647. The van der Waals surface area contributed by atoms with Crippen molar-refractivity contribution in [3.63, 3.8) is 0 Å². The molecule has 0 aromatic carbocycles. The molecule has 0 heterocycles. The van der Waals surface area contributed by atoms with E-state index in [1.807, 2.05) is 0 Å². The number of rotatable bonds is 3. The highest BCUT2D eigenvalue weighted by Gasteiger charge is 2.07. The Balaban J connectivity index is 3.58. The number of hydrogen-bond donors (Lipinski definition) is 1. The molecule has 1 N–H and O–H groups in total. The van der Waals surface area contributed by atoms with Crippen molar-refractivity contribution in [3.8, 4) is 0 Å². The highest BCUT2D eigenvalue weighted by atomic mass is 32.3. The molecular formula is C7H19NS. The summed E-state index contributed by atoms with van der Waals surface area (Å²) in [7, 11) is -0.469. The Hall–Kier alpha value is 0.310. The third kappa shape index (κ3) is 4.79. The minimum atomic E-state index is -0.469. The van der Waals surface area contributed by atoms with Crippen LogP contribution in [0.4, 0.5) is 0 Å². The fourth-order valence-corrected chi connectivity index (χ4v) is 2.16. The molecule has 0 fully saturated rings. The summed E-state index contributed by atoms with van der Waals surface area (Å²) in [6.07, 6.45) is 4.62. The summed E-state index contributed by atoms with van der Waals surface area (Å²) in [5, 5.41) is 0. The predicted octanol–water partition coefficient (Wildman–Crippen LogP) is 1.98. The van der Waals surface area contributed by atoms with E-state index in [0.717, 1.165) is 0 Å². The normalized spacial score (nSPS) is 14.4. The molecule has 0 bridgehead atoms.